The van der Waals surface area contributed by atoms with Gasteiger partial charge in [0.1, 0.15) is 11.0 Å². The maximum atomic E-state index is 12.0. The summed E-state index contributed by atoms with van der Waals surface area (Å²) in [6.45, 7) is 4.66. The lowest BCUT2D eigenvalue weighted by atomic mass is 10.1. The van der Waals surface area contributed by atoms with Crippen LogP contribution in [0.3, 0.4) is 0 Å². The quantitative estimate of drug-likeness (QED) is 0.775. The summed E-state index contributed by atoms with van der Waals surface area (Å²) in [7, 11) is -3.64. The number of hydrogen-bond acceptors (Lipinski definition) is 4. The molecule has 5 nitrogen and oxygen atoms in total. The normalized spacial score (nSPS) is 11.5. The molecule has 0 unspecified atom stereocenters. The Morgan fingerprint density at radius 2 is 2.16 bits per heavy atom. The Morgan fingerprint density at radius 3 is 2.79 bits per heavy atom. The molecule has 6 heteroatoms. The molecular formula is C13H19N3O2S. The molecule has 1 aromatic rings. The first-order valence-electron chi connectivity index (χ1n) is 6.32. The predicted octanol–water partition coefficient (Wildman–Crippen LogP) is 2.06. The number of pyridine rings is 1. The number of aromatic nitrogens is 1. The van der Waals surface area contributed by atoms with Gasteiger partial charge in [-0.05, 0) is 24.5 Å². The van der Waals surface area contributed by atoms with E-state index in [2.05, 4.69) is 23.6 Å². The second-order valence-corrected chi connectivity index (χ2v) is 6.48. The third-order valence-corrected chi connectivity index (χ3v) is 4.16. The van der Waals surface area contributed by atoms with Crippen LogP contribution in [-0.2, 0) is 10.0 Å². The van der Waals surface area contributed by atoms with Gasteiger partial charge < -0.3 is 0 Å². The standard InChI is InChI=1S/C13H19N3O2S/c1-11(2)6-3-4-9-16-19(17,18)13-7-5-8-15-12(13)10-14/h5,7-8,11,16H,3-4,6,9H2,1-2H3. The van der Waals surface area contributed by atoms with Gasteiger partial charge in [0.2, 0.25) is 10.0 Å². The highest BCUT2D eigenvalue weighted by atomic mass is 32.2. The monoisotopic (exact) mass is 281 g/mol. The summed E-state index contributed by atoms with van der Waals surface area (Å²) in [5.41, 5.74) is -0.0721. The minimum Gasteiger partial charge on any atom is -0.244 e. The van der Waals surface area contributed by atoms with E-state index in [0.717, 1.165) is 19.3 Å². The molecule has 1 heterocycles. The van der Waals surface area contributed by atoms with Crippen LogP contribution >= 0.6 is 0 Å². The van der Waals surface area contributed by atoms with Crippen molar-refractivity contribution in [1.29, 1.82) is 5.26 Å². The zero-order chi connectivity index (χ0) is 14.3. The zero-order valence-corrected chi connectivity index (χ0v) is 12.1. The molecule has 0 atom stereocenters. The first-order chi connectivity index (χ1) is 8.97. The van der Waals surface area contributed by atoms with E-state index >= 15 is 0 Å². The third-order valence-electron chi connectivity index (χ3n) is 2.67. The summed E-state index contributed by atoms with van der Waals surface area (Å²) in [5, 5.41) is 8.85. The van der Waals surface area contributed by atoms with Crippen molar-refractivity contribution in [2.24, 2.45) is 5.92 Å². The highest BCUT2D eigenvalue weighted by Crippen LogP contribution is 2.12. The molecule has 0 aliphatic heterocycles. The van der Waals surface area contributed by atoms with E-state index in [1.165, 1.54) is 18.3 Å². The van der Waals surface area contributed by atoms with Crippen LogP contribution < -0.4 is 4.72 Å². The summed E-state index contributed by atoms with van der Waals surface area (Å²) in [6.07, 6.45) is 4.26. The van der Waals surface area contributed by atoms with E-state index in [1.807, 2.05) is 0 Å². The van der Waals surface area contributed by atoms with Crippen molar-refractivity contribution >= 4 is 10.0 Å². The van der Waals surface area contributed by atoms with Gasteiger partial charge in [0.25, 0.3) is 0 Å². The Kier molecular flexibility index (Phi) is 5.93. The lowest BCUT2D eigenvalue weighted by Gasteiger charge is -2.08. The fraction of sp³-hybridized carbons (Fsp3) is 0.538. The first kappa shape index (κ1) is 15.6. The molecule has 0 saturated carbocycles. The molecule has 0 aromatic carbocycles. The van der Waals surface area contributed by atoms with Crippen LogP contribution in [0.4, 0.5) is 0 Å². The number of nitrogens with one attached hydrogen (secondary N) is 1. The molecule has 0 aliphatic carbocycles. The molecule has 1 N–H and O–H groups in total. The van der Waals surface area contributed by atoms with Crippen LogP contribution in [-0.4, -0.2) is 19.9 Å². The van der Waals surface area contributed by atoms with Crippen LogP contribution in [0, 0.1) is 17.2 Å². The topological polar surface area (TPSA) is 82.8 Å². The lowest BCUT2D eigenvalue weighted by Crippen LogP contribution is -2.25. The summed E-state index contributed by atoms with van der Waals surface area (Å²) in [5.74, 6) is 0.625. The molecule has 1 rings (SSSR count). The fourth-order valence-electron chi connectivity index (χ4n) is 1.65. The predicted molar refractivity (Wildman–Crippen MR) is 72.8 cm³/mol. The number of hydrogen-bond donors (Lipinski definition) is 1. The SMILES string of the molecule is CC(C)CCCCNS(=O)(=O)c1cccnc1C#N. The van der Waals surface area contributed by atoms with Crippen molar-refractivity contribution in [3.8, 4) is 6.07 Å². The number of nitriles is 1. The van der Waals surface area contributed by atoms with Crippen LogP contribution in [0.1, 0.15) is 38.8 Å². The van der Waals surface area contributed by atoms with Crippen molar-refractivity contribution < 1.29 is 8.42 Å². The molecule has 0 radical (unpaired) electrons. The third kappa shape index (κ3) is 4.97. The zero-order valence-electron chi connectivity index (χ0n) is 11.3. The summed E-state index contributed by atoms with van der Waals surface area (Å²) in [4.78, 5) is 3.70. The molecule has 0 spiro atoms. The van der Waals surface area contributed by atoms with Gasteiger partial charge in [0, 0.05) is 12.7 Å². The van der Waals surface area contributed by atoms with E-state index in [1.54, 1.807) is 6.07 Å². The molecule has 19 heavy (non-hydrogen) atoms. The maximum Gasteiger partial charge on any atom is 0.243 e. The van der Waals surface area contributed by atoms with Crippen molar-refractivity contribution in [2.45, 2.75) is 38.0 Å². The Morgan fingerprint density at radius 1 is 1.42 bits per heavy atom. The van der Waals surface area contributed by atoms with Crippen molar-refractivity contribution in [3.05, 3.63) is 24.0 Å². The smallest absolute Gasteiger partial charge is 0.243 e. The molecule has 104 valence electrons. The molecule has 0 fully saturated rings. The molecule has 1 aromatic heterocycles. The van der Waals surface area contributed by atoms with Gasteiger partial charge in [-0.1, -0.05) is 26.7 Å². The second kappa shape index (κ2) is 7.22. The first-order valence-corrected chi connectivity index (χ1v) is 7.80. The summed E-state index contributed by atoms with van der Waals surface area (Å²) in [6, 6.07) is 4.69. The largest absolute Gasteiger partial charge is 0.244 e. The summed E-state index contributed by atoms with van der Waals surface area (Å²) >= 11 is 0. The fourth-order valence-corrected chi connectivity index (χ4v) is 2.83. The van der Waals surface area contributed by atoms with Crippen molar-refractivity contribution in [3.63, 3.8) is 0 Å². The van der Waals surface area contributed by atoms with Crippen LogP contribution in [0.5, 0.6) is 0 Å². The average molecular weight is 281 g/mol. The Hall–Kier alpha value is -1.45. The molecular weight excluding hydrogens is 262 g/mol. The van der Waals surface area contributed by atoms with E-state index in [0.29, 0.717) is 12.5 Å². The van der Waals surface area contributed by atoms with Crippen LogP contribution in [0.25, 0.3) is 0 Å². The van der Waals surface area contributed by atoms with E-state index in [4.69, 9.17) is 5.26 Å². The molecule has 0 bridgehead atoms. The Bertz CT molecular complexity index is 547. The number of sulfonamides is 1. The number of rotatable bonds is 7. The van der Waals surface area contributed by atoms with Crippen LogP contribution in [0.15, 0.2) is 23.2 Å². The van der Waals surface area contributed by atoms with Crippen molar-refractivity contribution in [2.75, 3.05) is 6.54 Å². The highest BCUT2D eigenvalue weighted by molar-refractivity contribution is 7.89. The molecule has 0 amide bonds. The van der Waals surface area contributed by atoms with Gasteiger partial charge in [0.15, 0.2) is 5.69 Å². The Labute approximate surface area is 114 Å². The van der Waals surface area contributed by atoms with Gasteiger partial charge in [-0.2, -0.15) is 5.26 Å². The minimum atomic E-state index is -3.64. The highest BCUT2D eigenvalue weighted by Gasteiger charge is 2.18. The Balaban J connectivity index is 2.60. The van der Waals surface area contributed by atoms with Crippen molar-refractivity contribution in [1.82, 2.24) is 9.71 Å². The maximum absolute atomic E-state index is 12.0. The van der Waals surface area contributed by atoms with Gasteiger partial charge in [-0.3, -0.25) is 0 Å². The molecule has 0 saturated heterocycles. The minimum absolute atomic E-state index is 0.0543. The second-order valence-electron chi connectivity index (χ2n) is 4.75. The molecule has 0 aliphatic rings. The summed E-state index contributed by atoms with van der Waals surface area (Å²) < 4.78 is 26.5. The van der Waals surface area contributed by atoms with Gasteiger partial charge in [-0.15, -0.1) is 0 Å². The van der Waals surface area contributed by atoms with E-state index < -0.39 is 10.0 Å². The van der Waals surface area contributed by atoms with E-state index in [-0.39, 0.29) is 10.6 Å². The van der Waals surface area contributed by atoms with Gasteiger partial charge >= 0.3 is 0 Å². The number of nitrogens with zero attached hydrogens (tertiary/aromatic N) is 2. The van der Waals surface area contributed by atoms with Crippen LogP contribution in [0.2, 0.25) is 0 Å². The van der Waals surface area contributed by atoms with Gasteiger partial charge in [-0.25, -0.2) is 18.1 Å². The lowest BCUT2D eigenvalue weighted by molar-refractivity contribution is 0.530. The average Bonchev–Trinajstić information content (AvgIpc) is 2.37. The van der Waals surface area contributed by atoms with Gasteiger partial charge in [0.05, 0.1) is 0 Å². The van der Waals surface area contributed by atoms with E-state index in [9.17, 15) is 8.42 Å². The number of unbranched alkanes of at least 4 members (excludes halogenated alkanes) is 1.